The molecule has 0 aliphatic carbocycles. The minimum absolute atomic E-state index is 0.668. The van der Waals surface area contributed by atoms with E-state index < -0.39 is 8.80 Å². The van der Waals surface area contributed by atoms with Crippen molar-refractivity contribution >= 4 is 8.80 Å². The summed E-state index contributed by atoms with van der Waals surface area (Å²) in [5, 5.41) is 3.21. The number of rotatable bonds is 9. The molecule has 0 heterocycles. The molecule has 0 aliphatic heterocycles. The number of hydrogen-bond acceptors (Lipinski definition) is 6. The van der Waals surface area contributed by atoms with E-state index in [4.69, 9.17) is 24.7 Å². The molecule has 0 aliphatic rings. The normalized spacial score (nSPS) is 10.0. The van der Waals surface area contributed by atoms with Crippen molar-refractivity contribution in [2.45, 2.75) is 19.4 Å². The molecule has 0 aromatic rings. The number of nitrogens with one attached hydrogen (secondary N) is 1. The molecule has 0 bridgehead atoms. The van der Waals surface area contributed by atoms with Gasteiger partial charge in [-0.1, -0.05) is 6.92 Å². The Balaban J connectivity index is -0.000000445. The lowest BCUT2D eigenvalue weighted by Crippen LogP contribution is -2.43. The fourth-order valence-corrected chi connectivity index (χ4v) is 2.94. The van der Waals surface area contributed by atoms with Crippen LogP contribution in [-0.4, -0.2) is 56.3 Å². The molecule has 0 fully saturated rings. The Morgan fingerprint density at radius 2 is 1.42 bits per heavy atom. The fourth-order valence-electron chi connectivity index (χ4n) is 1.21. The first-order chi connectivity index (χ1) is 9.16. The van der Waals surface area contributed by atoms with Crippen molar-refractivity contribution in [3.05, 3.63) is 13.2 Å². The summed E-state index contributed by atoms with van der Waals surface area (Å²) >= 11 is 0. The summed E-state index contributed by atoms with van der Waals surface area (Å²) in [7, 11) is 2.55. The fraction of sp³-hybridized carbons (Fsp3) is 0.833. The molecule has 0 aromatic carbocycles. The van der Waals surface area contributed by atoms with Gasteiger partial charge in [-0.05, 0) is 19.5 Å². The largest absolute Gasteiger partial charge is 0.500 e. The van der Waals surface area contributed by atoms with Crippen molar-refractivity contribution in [2.75, 3.05) is 47.5 Å². The SMILES string of the molecule is C=C.CCN.CO[Si](CCCNCCN)(OC)OC. The zero-order chi connectivity index (χ0) is 15.6. The van der Waals surface area contributed by atoms with Crippen LogP contribution in [0.2, 0.25) is 6.04 Å². The summed E-state index contributed by atoms with van der Waals surface area (Å²) < 4.78 is 15.9. The molecule has 0 atom stereocenters. The highest BCUT2D eigenvalue weighted by Gasteiger charge is 2.36. The molecular weight excluding hydrogens is 262 g/mol. The maximum Gasteiger partial charge on any atom is 0.500 e. The summed E-state index contributed by atoms with van der Waals surface area (Å²) in [6.07, 6.45) is 0.974. The number of hydrogen-bond donors (Lipinski definition) is 3. The van der Waals surface area contributed by atoms with Crippen molar-refractivity contribution in [1.82, 2.24) is 5.32 Å². The Hall–Kier alpha value is -0.283. The quantitative estimate of drug-likeness (QED) is 0.327. The second kappa shape index (κ2) is 20.0. The van der Waals surface area contributed by atoms with E-state index in [1.807, 2.05) is 6.92 Å². The van der Waals surface area contributed by atoms with Crippen molar-refractivity contribution in [1.29, 1.82) is 0 Å². The Morgan fingerprint density at radius 3 is 1.74 bits per heavy atom. The van der Waals surface area contributed by atoms with E-state index in [2.05, 4.69) is 18.5 Å². The van der Waals surface area contributed by atoms with Gasteiger partial charge in [0.1, 0.15) is 0 Å². The van der Waals surface area contributed by atoms with E-state index in [9.17, 15) is 0 Å². The molecule has 5 N–H and O–H groups in total. The van der Waals surface area contributed by atoms with Gasteiger partial charge in [0.2, 0.25) is 0 Å². The van der Waals surface area contributed by atoms with Crippen LogP contribution in [0.4, 0.5) is 0 Å². The molecule has 0 unspecified atom stereocenters. The van der Waals surface area contributed by atoms with Crippen LogP contribution in [0, 0.1) is 0 Å². The summed E-state index contributed by atoms with van der Waals surface area (Å²) in [4.78, 5) is 0. The Labute approximate surface area is 119 Å². The zero-order valence-electron chi connectivity index (χ0n) is 13.0. The van der Waals surface area contributed by atoms with Crippen LogP contribution in [0.5, 0.6) is 0 Å². The van der Waals surface area contributed by atoms with E-state index in [0.29, 0.717) is 6.54 Å². The number of nitrogens with two attached hydrogens (primary N) is 2. The van der Waals surface area contributed by atoms with Crippen LogP contribution in [0.3, 0.4) is 0 Å². The van der Waals surface area contributed by atoms with E-state index in [1.165, 1.54) is 0 Å². The molecule has 0 radical (unpaired) electrons. The lowest BCUT2D eigenvalue weighted by molar-refractivity contribution is 0.123. The molecule has 0 saturated carbocycles. The zero-order valence-corrected chi connectivity index (χ0v) is 14.0. The first kappa shape index (κ1) is 23.8. The lowest BCUT2D eigenvalue weighted by atomic mass is 10.5. The van der Waals surface area contributed by atoms with E-state index in [-0.39, 0.29) is 0 Å². The highest BCUT2D eigenvalue weighted by Crippen LogP contribution is 2.13. The van der Waals surface area contributed by atoms with Crippen molar-refractivity contribution in [3.63, 3.8) is 0 Å². The Bertz CT molecular complexity index is 153. The van der Waals surface area contributed by atoms with Gasteiger partial charge >= 0.3 is 8.80 Å². The van der Waals surface area contributed by atoms with Gasteiger partial charge in [-0.25, -0.2) is 0 Å². The molecule has 0 spiro atoms. The molecule has 0 saturated heterocycles. The predicted molar refractivity (Wildman–Crippen MR) is 84.1 cm³/mol. The smallest absolute Gasteiger partial charge is 0.377 e. The molecule has 0 rings (SSSR count). The molecule has 118 valence electrons. The van der Waals surface area contributed by atoms with Crippen molar-refractivity contribution < 1.29 is 13.3 Å². The van der Waals surface area contributed by atoms with Crippen LogP contribution >= 0.6 is 0 Å². The predicted octanol–water partition coefficient (Wildman–Crippen LogP) is 0.570. The minimum atomic E-state index is -2.35. The maximum absolute atomic E-state index is 5.35. The summed E-state index contributed by atoms with van der Waals surface area (Å²) in [5.74, 6) is 0. The van der Waals surface area contributed by atoms with Crippen LogP contribution in [0.15, 0.2) is 13.2 Å². The third kappa shape index (κ3) is 15.7. The summed E-state index contributed by atoms with van der Waals surface area (Å²) in [6, 6.07) is 0.827. The highest BCUT2D eigenvalue weighted by molar-refractivity contribution is 6.60. The van der Waals surface area contributed by atoms with Gasteiger partial charge in [0.05, 0.1) is 0 Å². The van der Waals surface area contributed by atoms with Gasteiger partial charge in [0, 0.05) is 40.5 Å². The molecule has 0 aromatic heterocycles. The van der Waals surface area contributed by atoms with Gasteiger partial charge in [-0.2, -0.15) is 0 Å². The van der Waals surface area contributed by atoms with E-state index in [1.54, 1.807) is 21.3 Å². The monoisotopic (exact) mass is 295 g/mol. The maximum atomic E-state index is 5.35. The van der Waals surface area contributed by atoms with Gasteiger partial charge in [0.15, 0.2) is 0 Å². The third-order valence-electron chi connectivity index (χ3n) is 2.09. The van der Waals surface area contributed by atoms with Gasteiger partial charge < -0.3 is 30.1 Å². The van der Waals surface area contributed by atoms with Gasteiger partial charge in [-0.3, -0.25) is 0 Å². The Kier molecular flexibility index (Phi) is 25.1. The van der Waals surface area contributed by atoms with Gasteiger partial charge in [-0.15, -0.1) is 13.2 Å². The van der Waals surface area contributed by atoms with Gasteiger partial charge in [0.25, 0.3) is 0 Å². The minimum Gasteiger partial charge on any atom is -0.377 e. The standard InChI is InChI=1S/C8H22N2O3Si.C2H7N.C2H4/c1-11-14(12-2,13-3)8-4-6-10-7-5-9;1-2-3;1-2/h10H,4-9H2,1-3H3;2-3H2,1H3;1-2H2. The highest BCUT2D eigenvalue weighted by atomic mass is 28.4. The molecule has 19 heavy (non-hydrogen) atoms. The topological polar surface area (TPSA) is 91.8 Å². The van der Waals surface area contributed by atoms with E-state index >= 15 is 0 Å². The molecule has 0 amide bonds. The van der Waals surface area contributed by atoms with Crippen LogP contribution in [-0.2, 0) is 13.3 Å². The molecule has 7 heteroatoms. The van der Waals surface area contributed by atoms with Crippen molar-refractivity contribution in [2.24, 2.45) is 11.5 Å². The third-order valence-corrected chi connectivity index (χ3v) is 4.92. The van der Waals surface area contributed by atoms with Crippen LogP contribution in [0.1, 0.15) is 13.3 Å². The Morgan fingerprint density at radius 1 is 1.00 bits per heavy atom. The second-order valence-corrected chi connectivity index (χ2v) is 6.44. The lowest BCUT2D eigenvalue weighted by Gasteiger charge is -2.24. The second-order valence-electron chi connectivity index (χ2n) is 3.35. The van der Waals surface area contributed by atoms with Crippen LogP contribution < -0.4 is 16.8 Å². The average molecular weight is 296 g/mol. The summed E-state index contributed by atoms with van der Waals surface area (Å²) in [5.41, 5.74) is 10.2. The molecule has 6 nitrogen and oxygen atoms in total. The average Bonchev–Trinajstić information content (AvgIpc) is 2.47. The van der Waals surface area contributed by atoms with E-state index in [0.717, 1.165) is 32.1 Å². The van der Waals surface area contributed by atoms with Crippen molar-refractivity contribution in [3.8, 4) is 0 Å². The molecular formula is C12H33N3O3Si. The summed E-state index contributed by atoms with van der Waals surface area (Å²) in [6.45, 7) is 11.1. The first-order valence-corrected chi connectivity index (χ1v) is 8.35. The van der Waals surface area contributed by atoms with Crippen LogP contribution in [0.25, 0.3) is 0 Å². The first-order valence-electron chi connectivity index (χ1n) is 6.42.